The quantitative estimate of drug-likeness (QED) is 0.502. The number of nitrogens with one attached hydrogen (secondary N) is 1. The maximum absolute atomic E-state index is 12.6. The number of thioether (sulfide) groups is 1. The minimum absolute atomic E-state index is 0.149. The molecule has 0 unspecified atom stereocenters. The van der Waals surface area contributed by atoms with Gasteiger partial charge in [0.25, 0.3) is 11.1 Å². The minimum atomic E-state index is -0.149. The van der Waals surface area contributed by atoms with E-state index < -0.39 is 0 Å². The van der Waals surface area contributed by atoms with E-state index in [0.717, 1.165) is 22.4 Å². The van der Waals surface area contributed by atoms with E-state index in [4.69, 9.17) is 8.94 Å². The number of carbonyl (C=O) groups excluding carboxylic acids is 1. The number of rotatable bonds is 6. The van der Waals surface area contributed by atoms with E-state index in [0.29, 0.717) is 28.8 Å². The summed E-state index contributed by atoms with van der Waals surface area (Å²) in [6, 6.07) is 17.0. The van der Waals surface area contributed by atoms with Crippen molar-refractivity contribution in [3.8, 4) is 0 Å². The van der Waals surface area contributed by atoms with Gasteiger partial charge in [-0.2, -0.15) is 0 Å². The van der Waals surface area contributed by atoms with Gasteiger partial charge in [-0.1, -0.05) is 47.3 Å². The van der Waals surface area contributed by atoms with Crippen LogP contribution in [0.1, 0.15) is 27.4 Å². The molecule has 2 heterocycles. The second-order valence-corrected chi connectivity index (χ2v) is 6.93. The minimum Gasteiger partial charge on any atom is -0.431 e. The SMILES string of the molecule is Cc1cc(CNC(=O)c2ccccc2CSc2nc3ccccc3o2)no1. The molecular formula is C20H17N3O3S. The smallest absolute Gasteiger partial charge is 0.257 e. The van der Waals surface area contributed by atoms with Crippen LogP contribution in [-0.2, 0) is 12.3 Å². The Hall–Kier alpha value is -3.06. The van der Waals surface area contributed by atoms with Crippen molar-refractivity contribution >= 4 is 28.8 Å². The van der Waals surface area contributed by atoms with Gasteiger partial charge >= 0.3 is 0 Å². The highest BCUT2D eigenvalue weighted by molar-refractivity contribution is 7.98. The molecule has 0 aliphatic heterocycles. The molecule has 27 heavy (non-hydrogen) atoms. The third kappa shape index (κ3) is 4.03. The van der Waals surface area contributed by atoms with Crippen molar-refractivity contribution in [1.82, 2.24) is 15.5 Å². The number of fused-ring (bicyclic) bond motifs is 1. The molecule has 4 rings (SSSR count). The number of hydrogen-bond acceptors (Lipinski definition) is 6. The summed E-state index contributed by atoms with van der Waals surface area (Å²) in [6.45, 7) is 2.14. The molecule has 0 aliphatic rings. The molecule has 0 radical (unpaired) electrons. The van der Waals surface area contributed by atoms with Crippen molar-refractivity contribution in [2.75, 3.05) is 0 Å². The maximum Gasteiger partial charge on any atom is 0.257 e. The zero-order valence-corrected chi connectivity index (χ0v) is 15.5. The molecule has 2 aromatic heterocycles. The van der Waals surface area contributed by atoms with E-state index in [2.05, 4.69) is 15.5 Å². The molecule has 4 aromatic rings. The van der Waals surface area contributed by atoms with Gasteiger partial charge in [0.2, 0.25) is 0 Å². The fraction of sp³-hybridized carbons (Fsp3) is 0.150. The van der Waals surface area contributed by atoms with Gasteiger partial charge in [-0.25, -0.2) is 4.98 Å². The zero-order valence-electron chi connectivity index (χ0n) is 14.6. The van der Waals surface area contributed by atoms with Crippen LogP contribution in [0.4, 0.5) is 0 Å². The topological polar surface area (TPSA) is 81.2 Å². The molecule has 0 bridgehead atoms. The number of carbonyl (C=O) groups is 1. The summed E-state index contributed by atoms with van der Waals surface area (Å²) < 4.78 is 10.7. The van der Waals surface area contributed by atoms with Crippen molar-refractivity contribution < 1.29 is 13.7 Å². The van der Waals surface area contributed by atoms with Crippen LogP contribution in [0.15, 0.2) is 68.8 Å². The van der Waals surface area contributed by atoms with Crippen LogP contribution < -0.4 is 5.32 Å². The van der Waals surface area contributed by atoms with Crippen LogP contribution in [0.2, 0.25) is 0 Å². The summed E-state index contributed by atoms with van der Waals surface area (Å²) in [5.74, 6) is 1.15. The van der Waals surface area contributed by atoms with Gasteiger partial charge < -0.3 is 14.3 Å². The number of nitrogens with zero attached hydrogens (tertiary/aromatic N) is 2. The number of aromatic nitrogens is 2. The van der Waals surface area contributed by atoms with Gasteiger partial charge in [0.1, 0.15) is 17.0 Å². The second-order valence-electron chi connectivity index (χ2n) is 6.00. The van der Waals surface area contributed by atoms with Crippen LogP contribution in [0.25, 0.3) is 11.1 Å². The van der Waals surface area contributed by atoms with Crippen molar-refractivity contribution in [3.63, 3.8) is 0 Å². The van der Waals surface area contributed by atoms with E-state index >= 15 is 0 Å². The lowest BCUT2D eigenvalue weighted by atomic mass is 10.1. The van der Waals surface area contributed by atoms with Crippen molar-refractivity contribution in [2.45, 2.75) is 24.4 Å². The number of benzene rings is 2. The Bertz CT molecular complexity index is 1050. The predicted octanol–water partition coefficient (Wildman–Crippen LogP) is 4.35. The lowest BCUT2D eigenvalue weighted by Crippen LogP contribution is -2.24. The van der Waals surface area contributed by atoms with Crippen LogP contribution >= 0.6 is 11.8 Å². The fourth-order valence-corrected chi connectivity index (χ4v) is 3.53. The average molecular weight is 379 g/mol. The first-order chi connectivity index (χ1) is 13.2. The number of oxazole rings is 1. The summed E-state index contributed by atoms with van der Waals surface area (Å²) in [4.78, 5) is 17.0. The fourth-order valence-electron chi connectivity index (χ4n) is 2.69. The van der Waals surface area contributed by atoms with Crippen LogP contribution in [0.3, 0.4) is 0 Å². The van der Waals surface area contributed by atoms with Gasteiger partial charge in [0.05, 0.1) is 6.54 Å². The van der Waals surface area contributed by atoms with E-state index in [9.17, 15) is 4.79 Å². The average Bonchev–Trinajstić information content (AvgIpc) is 3.30. The van der Waals surface area contributed by atoms with Gasteiger partial charge in [-0.05, 0) is 30.7 Å². The third-order valence-corrected chi connectivity index (χ3v) is 4.87. The Morgan fingerprint density at radius 1 is 1.15 bits per heavy atom. The summed E-state index contributed by atoms with van der Waals surface area (Å²) in [6.07, 6.45) is 0. The molecule has 1 amide bonds. The molecule has 6 nitrogen and oxygen atoms in total. The van der Waals surface area contributed by atoms with E-state index in [1.807, 2.05) is 55.5 Å². The Morgan fingerprint density at radius 3 is 2.78 bits per heavy atom. The highest BCUT2D eigenvalue weighted by atomic mass is 32.2. The van der Waals surface area contributed by atoms with Gasteiger partial charge in [-0.15, -0.1) is 0 Å². The number of amides is 1. The summed E-state index contributed by atoms with van der Waals surface area (Å²) >= 11 is 1.46. The van der Waals surface area contributed by atoms with Crippen LogP contribution in [0, 0.1) is 6.92 Å². The molecule has 7 heteroatoms. The van der Waals surface area contributed by atoms with Gasteiger partial charge in [0.15, 0.2) is 5.58 Å². The monoisotopic (exact) mass is 379 g/mol. The zero-order chi connectivity index (χ0) is 18.6. The maximum atomic E-state index is 12.6. The molecule has 0 spiro atoms. The van der Waals surface area contributed by atoms with Gasteiger partial charge in [-0.3, -0.25) is 4.79 Å². The van der Waals surface area contributed by atoms with E-state index in [1.165, 1.54) is 11.8 Å². The Balaban J connectivity index is 1.44. The molecule has 0 saturated heterocycles. The number of hydrogen-bond donors (Lipinski definition) is 1. The standard InChI is InChI=1S/C20H17N3O3S/c1-13-10-15(23-26-13)11-21-19(24)16-7-3-2-6-14(16)12-27-20-22-17-8-4-5-9-18(17)25-20/h2-10H,11-12H2,1H3,(H,21,24). The van der Waals surface area contributed by atoms with Gasteiger partial charge in [0, 0.05) is 17.4 Å². The molecule has 136 valence electrons. The Kier molecular flexibility index (Phi) is 4.93. The first kappa shape index (κ1) is 17.4. The number of para-hydroxylation sites is 2. The summed E-state index contributed by atoms with van der Waals surface area (Å²) in [5.41, 5.74) is 3.82. The van der Waals surface area contributed by atoms with Crippen molar-refractivity contribution in [1.29, 1.82) is 0 Å². The molecule has 0 fully saturated rings. The molecule has 1 N–H and O–H groups in total. The van der Waals surface area contributed by atoms with E-state index in [-0.39, 0.29) is 5.91 Å². The second kappa shape index (κ2) is 7.67. The van der Waals surface area contributed by atoms with Crippen LogP contribution in [-0.4, -0.2) is 16.0 Å². The third-order valence-electron chi connectivity index (χ3n) is 3.99. The Morgan fingerprint density at radius 2 is 1.96 bits per heavy atom. The van der Waals surface area contributed by atoms with Crippen LogP contribution in [0.5, 0.6) is 0 Å². The number of aryl methyl sites for hydroxylation is 1. The summed E-state index contributed by atoms with van der Waals surface area (Å²) in [5, 5.41) is 7.35. The molecule has 0 saturated carbocycles. The predicted molar refractivity (Wildman–Crippen MR) is 102 cm³/mol. The summed E-state index contributed by atoms with van der Waals surface area (Å²) in [7, 11) is 0. The highest BCUT2D eigenvalue weighted by Crippen LogP contribution is 2.27. The van der Waals surface area contributed by atoms with E-state index in [1.54, 1.807) is 6.07 Å². The van der Waals surface area contributed by atoms with Crippen molar-refractivity contribution in [2.24, 2.45) is 0 Å². The highest BCUT2D eigenvalue weighted by Gasteiger charge is 2.13. The lowest BCUT2D eigenvalue weighted by molar-refractivity contribution is 0.0949. The molecule has 0 aliphatic carbocycles. The normalized spacial score (nSPS) is 11.0. The van der Waals surface area contributed by atoms with Crippen molar-refractivity contribution in [3.05, 3.63) is 77.2 Å². The molecule has 0 atom stereocenters. The molecular weight excluding hydrogens is 362 g/mol. The lowest BCUT2D eigenvalue weighted by Gasteiger charge is -2.08. The molecule has 2 aromatic carbocycles. The first-order valence-electron chi connectivity index (χ1n) is 8.46. The Labute approximate surface area is 160 Å². The first-order valence-corrected chi connectivity index (χ1v) is 9.44. The largest absolute Gasteiger partial charge is 0.431 e.